The number of H-pyrrole nitrogens is 1. The minimum atomic E-state index is -2.96. The van der Waals surface area contributed by atoms with Crippen LogP contribution < -0.4 is 15.9 Å². The molecule has 32 heavy (non-hydrogen) atoms. The van der Waals surface area contributed by atoms with Crippen LogP contribution in [0.3, 0.4) is 0 Å². The van der Waals surface area contributed by atoms with Crippen LogP contribution in [-0.2, 0) is 6.42 Å². The third kappa shape index (κ3) is 4.38. The summed E-state index contributed by atoms with van der Waals surface area (Å²) in [6.07, 6.45) is -2.78. The van der Waals surface area contributed by atoms with Gasteiger partial charge in [-0.3, -0.25) is 9.59 Å². The molecule has 0 radical (unpaired) electrons. The SMILES string of the molecule is COc1c(Cc2ccc(-c3[nH]c(C(F)F)c(Br)c(=O)c3C#N)cc2)cc(F)cc1C(N)=O. The summed E-state index contributed by atoms with van der Waals surface area (Å²) < 4.78 is 45.4. The molecule has 0 saturated carbocycles. The van der Waals surface area contributed by atoms with Gasteiger partial charge in [-0.05, 0) is 39.2 Å². The molecule has 164 valence electrons. The number of benzene rings is 2. The average molecular weight is 506 g/mol. The normalized spacial score (nSPS) is 10.8. The maximum atomic E-state index is 14.0. The van der Waals surface area contributed by atoms with Gasteiger partial charge in [0.15, 0.2) is 0 Å². The summed E-state index contributed by atoms with van der Waals surface area (Å²) in [7, 11) is 1.33. The van der Waals surface area contributed by atoms with Gasteiger partial charge >= 0.3 is 0 Å². The number of aromatic nitrogens is 1. The monoisotopic (exact) mass is 505 g/mol. The van der Waals surface area contributed by atoms with Crippen LogP contribution in [0.4, 0.5) is 13.2 Å². The molecule has 0 unspecified atom stereocenters. The van der Waals surface area contributed by atoms with Crippen molar-refractivity contribution in [3.8, 4) is 23.1 Å². The zero-order valence-corrected chi connectivity index (χ0v) is 18.1. The Bertz CT molecular complexity index is 1300. The van der Waals surface area contributed by atoms with Crippen LogP contribution in [0.2, 0.25) is 0 Å². The van der Waals surface area contributed by atoms with Gasteiger partial charge in [-0.25, -0.2) is 13.2 Å². The van der Waals surface area contributed by atoms with E-state index in [0.717, 1.165) is 6.07 Å². The molecule has 10 heteroatoms. The van der Waals surface area contributed by atoms with Crippen LogP contribution in [-0.4, -0.2) is 18.0 Å². The molecule has 0 spiro atoms. The number of halogens is 4. The number of hydrogen-bond donors (Lipinski definition) is 2. The predicted molar refractivity (Wildman–Crippen MR) is 114 cm³/mol. The van der Waals surface area contributed by atoms with E-state index >= 15 is 0 Å². The number of nitrogens with one attached hydrogen (secondary N) is 1. The number of aromatic amines is 1. The lowest BCUT2D eigenvalue weighted by Gasteiger charge is -2.13. The van der Waals surface area contributed by atoms with Crippen LogP contribution in [0.15, 0.2) is 45.7 Å². The zero-order valence-electron chi connectivity index (χ0n) is 16.5. The highest BCUT2D eigenvalue weighted by molar-refractivity contribution is 9.10. The fourth-order valence-electron chi connectivity index (χ4n) is 3.29. The molecule has 3 aromatic rings. The third-order valence-electron chi connectivity index (χ3n) is 4.74. The van der Waals surface area contributed by atoms with Crippen LogP contribution in [0.25, 0.3) is 11.3 Å². The van der Waals surface area contributed by atoms with Crippen LogP contribution >= 0.6 is 15.9 Å². The molecule has 0 fully saturated rings. The molecule has 1 aromatic heterocycles. The van der Waals surface area contributed by atoms with E-state index in [9.17, 15) is 28.0 Å². The third-order valence-corrected chi connectivity index (χ3v) is 5.53. The Morgan fingerprint density at radius 2 is 1.94 bits per heavy atom. The van der Waals surface area contributed by atoms with Gasteiger partial charge in [-0.2, -0.15) is 5.26 Å². The minimum absolute atomic E-state index is 0.0399. The summed E-state index contributed by atoms with van der Waals surface area (Å²) in [5, 5.41) is 9.35. The van der Waals surface area contributed by atoms with Gasteiger partial charge < -0.3 is 15.5 Å². The lowest BCUT2D eigenvalue weighted by molar-refractivity contribution is 0.0996. The fourth-order valence-corrected chi connectivity index (χ4v) is 3.76. The first-order valence-corrected chi connectivity index (χ1v) is 9.86. The topological polar surface area (TPSA) is 109 Å². The summed E-state index contributed by atoms with van der Waals surface area (Å²) in [6, 6.07) is 10.2. The zero-order chi connectivity index (χ0) is 23.6. The molecule has 0 saturated heterocycles. The molecular formula is C22H15BrF3N3O3. The molecule has 0 bridgehead atoms. The number of amides is 1. The van der Waals surface area contributed by atoms with Gasteiger partial charge in [0.05, 0.1) is 22.8 Å². The lowest BCUT2D eigenvalue weighted by Crippen LogP contribution is -2.14. The van der Waals surface area contributed by atoms with E-state index in [1.165, 1.54) is 25.3 Å². The first-order valence-electron chi connectivity index (χ1n) is 9.07. The molecule has 0 atom stereocenters. The Balaban J connectivity index is 2.03. The van der Waals surface area contributed by atoms with Crippen molar-refractivity contribution in [2.24, 2.45) is 5.73 Å². The Hall–Kier alpha value is -3.58. The highest BCUT2D eigenvalue weighted by Crippen LogP contribution is 2.30. The van der Waals surface area contributed by atoms with E-state index < -0.39 is 33.7 Å². The van der Waals surface area contributed by atoms with Crippen molar-refractivity contribution >= 4 is 21.8 Å². The molecule has 2 aromatic carbocycles. The highest BCUT2D eigenvalue weighted by Gasteiger charge is 2.22. The number of nitriles is 1. The number of pyridine rings is 1. The smallest absolute Gasteiger partial charge is 0.279 e. The van der Waals surface area contributed by atoms with Crippen LogP contribution in [0.1, 0.15) is 39.2 Å². The van der Waals surface area contributed by atoms with E-state index in [4.69, 9.17) is 10.5 Å². The standard InChI is InChI=1S/C22H15BrF3N3O3/c1-32-20-12(7-13(24)8-14(20)22(28)31)6-10-2-4-11(5-3-10)17-15(9-27)19(30)16(23)18(29-17)21(25)26/h2-5,7-8,21H,6H2,1H3,(H2,28,31)(H,29,30). The quantitative estimate of drug-likeness (QED) is 0.515. The van der Waals surface area contributed by atoms with E-state index in [0.29, 0.717) is 16.7 Å². The number of rotatable bonds is 6. The maximum Gasteiger partial charge on any atom is 0.279 e. The summed E-state index contributed by atoms with van der Waals surface area (Å²) in [5.41, 5.74) is 4.75. The molecule has 1 amide bonds. The maximum absolute atomic E-state index is 14.0. The second-order valence-corrected chi connectivity index (χ2v) is 7.52. The van der Waals surface area contributed by atoms with Gasteiger partial charge in [0.1, 0.15) is 28.9 Å². The number of carbonyl (C=O) groups excluding carboxylic acids is 1. The number of nitrogens with zero attached hydrogens (tertiary/aromatic N) is 1. The van der Waals surface area contributed by atoms with Crippen LogP contribution in [0, 0.1) is 17.1 Å². The van der Waals surface area contributed by atoms with E-state index in [2.05, 4.69) is 20.9 Å². The average Bonchev–Trinajstić information content (AvgIpc) is 2.75. The van der Waals surface area contributed by atoms with E-state index in [-0.39, 0.29) is 29.0 Å². The van der Waals surface area contributed by atoms with Crippen LogP contribution in [0.5, 0.6) is 5.75 Å². The lowest BCUT2D eigenvalue weighted by atomic mass is 9.98. The van der Waals surface area contributed by atoms with Crippen molar-refractivity contribution in [2.75, 3.05) is 7.11 Å². The first-order chi connectivity index (χ1) is 15.2. The Morgan fingerprint density at radius 3 is 2.47 bits per heavy atom. The summed E-state index contributed by atoms with van der Waals surface area (Å²) >= 11 is 2.81. The van der Waals surface area contributed by atoms with Crippen molar-refractivity contribution in [1.82, 2.24) is 4.98 Å². The molecule has 0 aliphatic rings. The molecule has 1 heterocycles. The fraction of sp³-hybridized carbons (Fsp3) is 0.136. The van der Waals surface area contributed by atoms with Crippen molar-refractivity contribution in [2.45, 2.75) is 12.8 Å². The molecule has 0 aliphatic carbocycles. The molecule has 0 aliphatic heterocycles. The van der Waals surface area contributed by atoms with Gasteiger partial charge in [-0.1, -0.05) is 24.3 Å². The number of nitrogens with two attached hydrogens (primary N) is 1. The van der Waals surface area contributed by atoms with E-state index in [1.807, 2.05) is 0 Å². The summed E-state index contributed by atoms with van der Waals surface area (Å²) in [4.78, 5) is 26.4. The number of alkyl halides is 2. The number of methoxy groups -OCH3 is 1. The predicted octanol–water partition coefficient (Wildman–Crippen LogP) is 4.45. The van der Waals surface area contributed by atoms with Crippen molar-refractivity contribution < 1.29 is 22.7 Å². The highest BCUT2D eigenvalue weighted by atomic mass is 79.9. The number of ether oxygens (including phenoxy) is 1. The van der Waals surface area contributed by atoms with Gasteiger partial charge in [0, 0.05) is 12.0 Å². The first kappa shape index (κ1) is 23.1. The molecule has 6 nitrogen and oxygen atoms in total. The number of primary amides is 1. The molecule has 3 rings (SSSR count). The van der Waals surface area contributed by atoms with Gasteiger partial charge in [0.2, 0.25) is 5.43 Å². The Morgan fingerprint density at radius 1 is 1.28 bits per heavy atom. The van der Waals surface area contributed by atoms with Gasteiger partial charge in [0.25, 0.3) is 12.3 Å². The Kier molecular flexibility index (Phi) is 6.69. The van der Waals surface area contributed by atoms with Crippen molar-refractivity contribution in [3.63, 3.8) is 0 Å². The van der Waals surface area contributed by atoms with E-state index in [1.54, 1.807) is 18.2 Å². The molecular weight excluding hydrogens is 491 g/mol. The minimum Gasteiger partial charge on any atom is -0.496 e. The van der Waals surface area contributed by atoms with Crippen molar-refractivity contribution in [1.29, 1.82) is 5.26 Å². The second-order valence-electron chi connectivity index (χ2n) is 6.73. The Labute approximate surface area is 188 Å². The van der Waals surface area contributed by atoms with Gasteiger partial charge in [-0.15, -0.1) is 0 Å². The van der Waals surface area contributed by atoms with Crippen molar-refractivity contribution in [3.05, 3.63) is 84.9 Å². The number of hydrogen-bond acceptors (Lipinski definition) is 4. The summed E-state index contributed by atoms with van der Waals surface area (Å²) in [5.74, 6) is -1.35. The summed E-state index contributed by atoms with van der Waals surface area (Å²) in [6.45, 7) is 0. The molecule has 3 N–H and O–H groups in total. The largest absolute Gasteiger partial charge is 0.496 e. The second kappa shape index (κ2) is 9.28. The number of carbonyl (C=O) groups is 1.